The van der Waals surface area contributed by atoms with Crippen LogP contribution in [-0.4, -0.2) is 24.5 Å². The number of nitrogens with zero attached hydrogens (tertiary/aromatic N) is 1. The van der Waals surface area contributed by atoms with Crippen molar-refractivity contribution in [2.45, 2.75) is 38.5 Å². The molecule has 4 rings (SSSR count). The van der Waals surface area contributed by atoms with Gasteiger partial charge in [0.2, 0.25) is 0 Å². The van der Waals surface area contributed by atoms with Crippen LogP contribution in [0.15, 0.2) is 54.6 Å². The third kappa shape index (κ3) is 3.32. The Balaban J connectivity index is 1.63. The summed E-state index contributed by atoms with van der Waals surface area (Å²) in [7, 11) is 0. The summed E-state index contributed by atoms with van der Waals surface area (Å²) in [6.45, 7) is 3.78. The van der Waals surface area contributed by atoms with Gasteiger partial charge >= 0.3 is 0 Å². The molecule has 1 fully saturated rings. The van der Waals surface area contributed by atoms with Crippen molar-refractivity contribution >= 4 is 5.57 Å². The number of aryl methyl sites for hydroxylation is 2. The van der Waals surface area contributed by atoms with Gasteiger partial charge in [-0.2, -0.15) is 0 Å². The van der Waals surface area contributed by atoms with E-state index in [1.807, 2.05) is 0 Å². The normalized spacial score (nSPS) is 17.8. The van der Waals surface area contributed by atoms with Gasteiger partial charge in [0.05, 0.1) is 0 Å². The first kappa shape index (κ1) is 15.7. The predicted molar refractivity (Wildman–Crippen MR) is 102 cm³/mol. The van der Waals surface area contributed by atoms with E-state index in [0.29, 0.717) is 0 Å². The van der Waals surface area contributed by atoms with Crippen molar-refractivity contribution in [2.24, 2.45) is 0 Å². The molecule has 1 heterocycles. The number of hydrogen-bond donors (Lipinski definition) is 0. The van der Waals surface area contributed by atoms with Crippen molar-refractivity contribution in [2.75, 3.05) is 19.6 Å². The Kier molecular flexibility index (Phi) is 4.80. The number of rotatable bonds is 3. The molecule has 0 saturated carbocycles. The highest BCUT2D eigenvalue weighted by molar-refractivity contribution is 5.83. The van der Waals surface area contributed by atoms with E-state index in [0.717, 1.165) is 19.3 Å². The summed E-state index contributed by atoms with van der Waals surface area (Å²) in [5, 5.41) is 0. The lowest BCUT2D eigenvalue weighted by atomic mass is 9.93. The van der Waals surface area contributed by atoms with Crippen LogP contribution in [-0.2, 0) is 12.8 Å². The number of hydrogen-bond acceptors (Lipinski definition) is 1. The summed E-state index contributed by atoms with van der Waals surface area (Å²) < 4.78 is 0. The van der Waals surface area contributed by atoms with E-state index < -0.39 is 0 Å². The first-order valence-electron chi connectivity index (χ1n) is 9.51. The van der Waals surface area contributed by atoms with Gasteiger partial charge in [0.25, 0.3) is 0 Å². The van der Waals surface area contributed by atoms with E-state index in [-0.39, 0.29) is 0 Å². The topological polar surface area (TPSA) is 3.24 Å². The molecule has 1 saturated heterocycles. The monoisotopic (exact) mass is 317 g/mol. The van der Waals surface area contributed by atoms with Crippen LogP contribution in [0.2, 0.25) is 0 Å². The standard InChI is InChI=1S/C23H27N/c1-6-16-24(17-7-1)18-8-13-23-21-11-4-2-9-19(21)14-15-20-10-3-5-12-22(20)23/h2-5,9-13H,1,6-8,14-18H2. The lowest BCUT2D eigenvalue weighted by molar-refractivity contribution is 0.233. The van der Waals surface area contributed by atoms with Crippen LogP contribution in [0.3, 0.4) is 0 Å². The molecule has 0 aromatic heterocycles. The largest absolute Gasteiger partial charge is 0.303 e. The SMILES string of the molecule is C(CCN1CCCCC1)=C1c2ccccc2CCc2ccccc21. The maximum atomic E-state index is 2.63. The van der Waals surface area contributed by atoms with Gasteiger partial charge in [-0.05, 0) is 73.0 Å². The lowest BCUT2D eigenvalue weighted by Gasteiger charge is -2.26. The second-order valence-corrected chi connectivity index (χ2v) is 7.12. The molecule has 2 aromatic rings. The zero-order valence-electron chi connectivity index (χ0n) is 14.5. The van der Waals surface area contributed by atoms with Gasteiger partial charge in [0.1, 0.15) is 0 Å². The second kappa shape index (κ2) is 7.36. The molecule has 1 heteroatoms. The molecule has 1 nitrogen and oxygen atoms in total. The van der Waals surface area contributed by atoms with Crippen molar-refractivity contribution in [3.8, 4) is 0 Å². The average Bonchev–Trinajstić information content (AvgIpc) is 2.80. The van der Waals surface area contributed by atoms with Crippen LogP contribution in [0.25, 0.3) is 5.57 Å². The Morgan fingerprint density at radius 2 is 1.33 bits per heavy atom. The smallest absolute Gasteiger partial charge is 0.00162 e. The van der Waals surface area contributed by atoms with E-state index in [2.05, 4.69) is 59.5 Å². The summed E-state index contributed by atoms with van der Waals surface area (Å²) in [6, 6.07) is 18.0. The highest BCUT2D eigenvalue weighted by atomic mass is 15.1. The summed E-state index contributed by atoms with van der Waals surface area (Å²) in [4.78, 5) is 2.63. The van der Waals surface area contributed by atoms with Crippen LogP contribution in [0.4, 0.5) is 0 Å². The fraction of sp³-hybridized carbons (Fsp3) is 0.391. The first-order valence-corrected chi connectivity index (χ1v) is 9.51. The molecule has 0 N–H and O–H groups in total. The first-order chi connectivity index (χ1) is 11.9. The minimum absolute atomic E-state index is 1.15. The Hall–Kier alpha value is -1.86. The van der Waals surface area contributed by atoms with Crippen molar-refractivity contribution in [3.05, 3.63) is 76.9 Å². The molecule has 0 radical (unpaired) electrons. The van der Waals surface area contributed by atoms with Gasteiger partial charge in [-0.25, -0.2) is 0 Å². The van der Waals surface area contributed by atoms with Gasteiger partial charge in [0.15, 0.2) is 0 Å². The predicted octanol–water partition coefficient (Wildman–Crippen LogP) is 5.09. The van der Waals surface area contributed by atoms with Crippen LogP contribution < -0.4 is 0 Å². The average molecular weight is 317 g/mol. The van der Waals surface area contributed by atoms with Gasteiger partial charge in [0, 0.05) is 6.54 Å². The molecule has 2 aliphatic rings. The molecule has 0 bridgehead atoms. The third-order valence-electron chi connectivity index (χ3n) is 5.52. The van der Waals surface area contributed by atoms with Crippen molar-refractivity contribution in [1.82, 2.24) is 4.90 Å². The summed E-state index contributed by atoms with van der Waals surface area (Å²) in [5.74, 6) is 0. The highest BCUT2D eigenvalue weighted by Crippen LogP contribution is 2.33. The van der Waals surface area contributed by atoms with Crippen LogP contribution in [0, 0.1) is 0 Å². The number of fused-ring (bicyclic) bond motifs is 2. The Morgan fingerprint density at radius 3 is 1.96 bits per heavy atom. The fourth-order valence-electron chi connectivity index (χ4n) is 4.21. The van der Waals surface area contributed by atoms with E-state index in [1.165, 1.54) is 66.7 Å². The molecular weight excluding hydrogens is 290 g/mol. The zero-order chi connectivity index (χ0) is 16.2. The Morgan fingerprint density at radius 1 is 0.750 bits per heavy atom. The van der Waals surface area contributed by atoms with Crippen LogP contribution in [0.1, 0.15) is 47.9 Å². The Bertz CT molecular complexity index is 673. The summed E-state index contributed by atoms with van der Waals surface area (Å²) >= 11 is 0. The number of piperidine rings is 1. The van der Waals surface area contributed by atoms with E-state index in [4.69, 9.17) is 0 Å². The Labute approximate surface area is 146 Å². The molecule has 0 unspecified atom stereocenters. The molecule has 1 aliphatic heterocycles. The van der Waals surface area contributed by atoms with Gasteiger partial charge < -0.3 is 4.90 Å². The zero-order valence-corrected chi connectivity index (χ0v) is 14.5. The summed E-state index contributed by atoms with van der Waals surface area (Å²) in [5.41, 5.74) is 7.34. The van der Waals surface area contributed by atoms with Gasteiger partial charge in [-0.3, -0.25) is 0 Å². The van der Waals surface area contributed by atoms with E-state index in [1.54, 1.807) is 0 Å². The third-order valence-corrected chi connectivity index (χ3v) is 5.52. The van der Waals surface area contributed by atoms with Crippen LogP contribution >= 0.6 is 0 Å². The minimum atomic E-state index is 1.15. The maximum Gasteiger partial charge on any atom is 0.00162 e. The van der Waals surface area contributed by atoms with Crippen LogP contribution in [0.5, 0.6) is 0 Å². The summed E-state index contributed by atoms with van der Waals surface area (Å²) in [6.07, 6.45) is 10.1. The lowest BCUT2D eigenvalue weighted by Crippen LogP contribution is -2.30. The quantitative estimate of drug-likeness (QED) is 0.762. The number of benzene rings is 2. The van der Waals surface area contributed by atoms with Gasteiger partial charge in [-0.1, -0.05) is 61.0 Å². The van der Waals surface area contributed by atoms with Crippen molar-refractivity contribution < 1.29 is 0 Å². The van der Waals surface area contributed by atoms with Crippen molar-refractivity contribution in [3.63, 3.8) is 0 Å². The highest BCUT2D eigenvalue weighted by Gasteiger charge is 2.17. The molecular formula is C23H27N. The fourth-order valence-corrected chi connectivity index (χ4v) is 4.21. The van der Waals surface area contributed by atoms with Gasteiger partial charge in [-0.15, -0.1) is 0 Å². The minimum Gasteiger partial charge on any atom is -0.303 e. The molecule has 0 spiro atoms. The second-order valence-electron chi connectivity index (χ2n) is 7.12. The van der Waals surface area contributed by atoms with E-state index >= 15 is 0 Å². The molecule has 2 aromatic carbocycles. The van der Waals surface area contributed by atoms with E-state index in [9.17, 15) is 0 Å². The molecule has 0 atom stereocenters. The number of likely N-dealkylation sites (tertiary alicyclic amines) is 1. The molecule has 124 valence electrons. The molecule has 1 aliphatic carbocycles. The molecule has 24 heavy (non-hydrogen) atoms. The molecule has 0 amide bonds. The maximum absolute atomic E-state index is 2.63. The van der Waals surface area contributed by atoms with Crippen molar-refractivity contribution in [1.29, 1.82) is 0 Å².